The molecule has 0 bridgehead atoms. The fourth-order valence-electron chi connectivity index (χ4n) is 1.79. The van der Waals surface area contributed by atoms with Crippen LogP contribution in [0.25, 0.3) is 0 Å². The first-order chi connectivity index (χ1) is 6.42. The highest BCUT2D eigenvalue weighted by atomic mass is 32.2. The van der Waals surface area contributed by atoms with Crippen LogP contribution in [0.4, 0.5) is 0 Å². The highest BCUT2D eigenvalue weighted by Gasteiger charge is 2.19. The van der Waals surface area contributed by atoms with Crippen LogP contribution in [0.1, 0.15) is 23.5 Å². The first kappa shape index (κ1) is 9.03. The summed E-state index contributed by atoms with van der Waals surface area (Å²) in [5.41, 5.74) is 8.31. The molecule has 1 saturated heterocycles. The van der Waals surface area contributed by atoms with Gasteiger partial charge < -0.3 is 5.73 Å². The molecule has 1 unspecified atom stereocenters. The first-order valence-corrected chi connectivity index (χ1v) is 5.78. The number of hydrogen-bond donors (Lipinski definition) is 1. The van der Waals surface area contributed by atoms with Gasteiger partial charge in [-0.3, -0.25) is 4.98 Å². The summed E-state index contributed by atoms with van der Waals surface area (Å²) in [7, 11) is 0. The van der Waals surface area contributed by atoms with E-state index in [0.717, 1.165) is 0 Å². The number of nitrogens with zero attached hydrogens (tertiary/aromatic N) is 1. The molecule has 0 aromatic carbocycles. The lowest BCUT2D eigenvalue weighted by Gasteiger charge is -2.12. The molecule has 2 N–H and O–H groups in total. The molecule has 0 saturated carbocycles. The zero-order valence-electron chi connectivity index (χ0n) is 7.57. The van der Waals surface area contributed by atoms with Crippen LogP contribution in [0, 0.1) is 0 Å². The normalized spacial score (nSPS) is 22.1. The predicted octanol–water partition coefficient (Wildman–Crippen LogP) is 1.76. The van der Waals surface area contributed by atoms with Gasteiger partial charge >= 0.3 is 0 Å². The van der Waals surface area contributed by atoms with E-state index in [1.807, 2.05) is 24.2 Å². The Morgan fingerprint density at radius 1 is 1.62 bits per heavy atom. The summed E-state index contributed by atoms with van der Waals surface area (Å²) in [6, 6.07) is 2.12. The minimum atomic E-state index is 0.615. The summed E-state index contributed by atoms with van der Waals surface area (Å²) in [5, 5.41) is 0. The molecule has 13 heavy (non-hydrogen) atoms. The Balaban J connectivity index is 2.26. The quantitative estimate of drug-likeness (QED) is 0.779. The van der Waals surface area contributed by atoms with Crippen LogP contribution in [0.2, 0.25) is 0 Å². The predicted molar refractivity (Wildman–Crippen MR) is 56.8 cm³/mol. The van der Waals surface area contributed by atoms with Crippen molar-refractivity contribution in [2.45, 2.75) is 18.9 Å². The third-order valence-electron chi connectivity index (χ3n) is 2.53. The third-order valence-corrected chi connectivity index (χ3v) is 3.69. The van der Waals surface area contributed by atoms with Gasteiger partial charge in [0.25, 0.3) is 0 Å². The summed E-state index contributed by atoms with van der Waals surface area (Å²) >= 11 is 2.03. The Morgan fingerprint density at radius 3 is 3.23 bits per heavy atom. The Kier molecular flexibility index (Phi) is 2.86. The molecular weight excluding hydrogens is 180 g/mol. The Hall–Kier alpha value is -0.540. The van der Waals surface area contributed by atoms with Gasteiger partial charge in [-0.15, -0.1) is 0 Å². The van der Waals surface area contributed by atoms with Gasteiger partial charge in [0.1, 0.15) is 0 Å². The van der Waals surface area contributed by atoms with Crippen molar-refractivity contribution >= 4 is 11.8 Å². The van der Waals surface area contributed by atoms with Gasteiger partial charge in [-0.05, 0) is 35.3 Å². The molecule has 0 radical (unpaired) electrons. The van der Waals surface area contributed by atoms with Gasteiger partial charge in [0.2, 0.25) is 0 Å². The van der Waals surface area contributed by atoms with E-state index in [0.29, 0.717) is 12.5 Å². The van der Waals surface area contributed by atoms with E-state index < -0.39 is 0 Å². The van der Waals surface area contributed by atoms with Crippen molar-refractivity contribution in [3.05, 3.63) is 29.6 Å². The van der Waals surface area contributed by atoms with Crippen molar-refractivity contribution in [1.82, 2.24) is 4.98 Å². The fourth-order valence-corrected chi connectivity index (χ4v) is 3.04. The van der Waals surface area contributed by atoms with E-state index >= 15 is 0 Å². The molecule has 1 aliphatic rings. The summed E-state index contributed by atoms with van der Waals surface area (Å²) in [6.07, 6.45) is 5.07. The second-order valence-corrected chi connectivity index (χ2v) is 4.49. The summed E-state index contributed by atoms with van der Waals surface area (Å²) in [5.74, 6) is 3.25. The number of thioether (sulfide) groups is 1. The smallest absolute Gasteiger partial charge is 0.0315 e. The molecule has 1 fully saturated rings. The van der Waals surface area contributed by atoms with Crippen molar-refractivity contribution in [2.75, 3.05) is 11.5 Å². The maximum absolute atomic E-state index is 5.67. The minimum Gasteiger partial charge on any atom is -0.326 e. The molecule has 2 nitrogen and oxygen atoms in total. The highest BCUT2D eigenvalue weighted by Crippen LogP contribution is 2.33. The highest BCUT2D eigenvalue weighted by molar-refractivity contribution is 7.99. The largest absolute Gasteiger partial charge is 0.326 e. The molecular formula is C10H14N2S. The van der Waals surface area contributed by atoms with Gasteiger partial charge in [-0.2, -0.15) is 11.8 Å². The van der Waals surface area contributed by atoms with Gasteiger partial charge in [-0.25, -0.2) is 0 Å². The molecule has 1 aliphatic heterocycles. The lowest BCUT2D eigenvalue weighted by atomic mass is 9.95. The molecule has 2 heterocycles. The maximum Gasteiger partial charge on any atom is 0.0315 e. The van der Waals surface area contributed by atoms with Crippen molar-refractivity contribution in [2.24, 2.45) is 5.73 Å². The Bertz CT molecular complexity index is 282. The zero-order valence-corrected chi connectivity index (χ0v) is 8.39. The average molecular weight is 194 g/mol. The monoisotopic (exact) mass is 194 g/mol. The minimum absolute atomic E-state index is 0.615. The Labute approximate surface area is 82.9 Å². The second-order valence-electron chi connectivity index (χ2n) is 3.34. The summed E-state index contributed by atoms with van der Waals surface area (Å²) in [4.78, 5) is 4.10. The zero-order chi connectivity index (χ0) is 9.10. The molecule has 1 atom stereocenters. The van der Waals surface area contributed by atoms with Gasteiger partial charge in [0, 0.05) is 24.7 Å². The van der Waals surface area contributed by atoms with Crippen molar-refractivity contribution in [3.63, 3.8) is 0 Å². The van der Waals surface area contributed by atoms with Crippen molar-refractivity contribution in [3.8, 4) is 0 Å². The molecule has 3 heteroatoms. The van der Waals surface area contributed by atoms with Crippen LogP contribution >= 0.6 is 11.8 Å². The third kappa shape index (κ3) is 1.86. The second kappa shape index (κ2) is 4.11. The lowest BCUT2D eigenvalue weighted by molar-refractivity contribution is 0.763. The van der Waals surface area contributed by atoms with Gasteiger partial charge in [0.15, 0.2) is 0 Å². The first-order valence-electron chi connectivity index (χ1n) is 4.62. The molecule has 1 aromatic rings. The van der Waals surface area contributed by atoms with E-state index in [-0.39, 0.29) is 0 Å². The van der Waals surface area contributed by atoms with E-state index in [2.05, 4.69) is 11.1 Å². The van der Waals surface area contributed by atoms with Crippen LogP contribution in [-0.2, 0) is 6.54 Å². The Morgan fingerprint density at radius 2 is 2.54 bits per heavy atom. The van der Waals surface area contributed by atoms with Crippen LogP contribution in [0.3, 0.4) is 0 Å². The van der Waals surface area contributed by atoms with Gasteiger partial charge in [0.05, 0.1) is 0 Å². The average Bonchev–Trinajstić information content (AvgIpc) is 2.70. The molecule has 70 valence electrons. The van der Waals surface area contributed by atoms with Crippen LogP contribution in [0.5, 0.6) is 0 Å². The number of aromatic nitrogens is 1. The van der Waals surface area contributed by atoms with E-state index in [4.69, 9.17) is 5.73 Å². The number of hydrogen-bond acceptors (Lipinski definition) is 3. The molecule has 0 spiro atoms. The molecule has 0 aliphatic carbocycles. The maximum atomic E-state index is 5.67. The van der Waals surface area contributed by atoms with Crippen LogP contribution in [0.15, 0.2) is 18.5 Å². The van der Waals surface area contributed by atoms with E-state index in [1.54, 1.807) is 0 Å². The van der Waals surface area contributed by atoms with E-state index in [1.165, 1.54) is 29.1 Å². The molecule has 0 amide bonds. The fraction of sp³-hybridized carbons (Fsp3) is 0.500. The summed E-state index contributed by atoms with van der Waals surface area (Å²) < 4.78 is 0. The SMILES string of the molecule is NCc1cnccc1C1CCSC1. The van der Waals surface area contributed by atoms with E-state index in [9.17, 15) is 0 Å². The topological polar surface area (TPSA) is 38.9 Å². The van der Waals surface area contributed by atoms with Gasteiger partial charge in [-0.1, -0.05) is 0 Å². The standard InChI is InChI=1S/C10H14N2S/c11-5-9-6-12-3-1-10(9)8-2-4-13-7-8/h1,3,6,8H,2,4-5,7,11H2. The van der Waals surface area contributed by atoms with Crippen LogP contribution in [-0.4, -0.2) is 16.5 Å². The molecule has 2 rings (SSSR count). The number of nitrogens with two attached hydrogens (primary N) is 1. The summed E-state index contributed by atoms with van der Waals surface area (Å²) in [6.45, 7) is 0.615. The van der Waals surface area contributed by atoms with Crippen LogP contribution < -0.4 is 5.73 Å². The lowest BCUT2D eigenvalue weighted by Crippen LogP contribution is -2.06. The van der Waals surface area contributed by atoms with Crippen molar-refractivity contribution < 1.29 is 0 Å². The van der Waals surface area contributed by atoms with Crippen molar-refractivity contribution in [1.29, 1.82) is 0 Å². The number of rotatable bonds is 2. The number of pyridine rings is 1. The molecule has 1 aromatic heterocycles.